The van der Waals surface area contributed by atoms with Gasteiger partial charge in [0.2, 0.25) is 5.91 Å². The first-order valence-corrected chi connectivity index (χ1v) is 7.18. The van der Waals surface area contributed by atoms with Crippen LogP contribution in [0.3, 0.4) is 0 Å². The number of amides is 1. The summed E-state index contributed by atoms with van der Waals surface area (Å²) in [6.45, 7) is 5.61. The molecule has 0 aromatic heterocycles. The summed E-state index contributed by atoms with van der Waals surface area (Å²) in [6.07, 6.45) is 1.57. The second-order valence-electron chi connectivity index (χ2n) is 5.85. The number of hydrogen-bond acceptors (Lipinski definition) is 3. The summed E-state index contributed by atoms with van der Waals surface area (Å²) in [5.41, 5.74) is 6.95. The molecule has 4 nitrogen and oxygen atoms in total. The Balaban J connectivity index is 2.45. The van der Waals surface area contributed by atoms with Gasteiger partial charge in [0.25, 0.3) is 0 Å². The smallest absolute Gasteiger partial charge is 0.222 e. The highest BCUT2D eigenvalue weighted by molar-refractivity contribution is 6.00. The molecular weight excluding hydrogens is 271 g/mol. The third kappa shape index (κ3) is 3.06. The van der Waals surface area contributed by atoms with Crippen LogP contribution >= 0.6 is 0 Å². The average molecular weight is 292 g/mol. The molecule has 0 saturated carbocycles. The molecule has 2 N–H and O–H groups in total. The number of Topliss-reactive ketones (excluding diaryl/α,β-unsaturated/α-hetero) is 1. The summed E-state index contributed by atoms with van der Waals surface area (Å²) in [4.78, 5) is 25.3. The number of aryl methyl sites for hydroxylation is 1. The van der Waals surface area contributed by atoms with Crippen LogP contribution in [0.25, 0.3) is 0 Å². The normalized spacial score (nSPS) is 22.2. The molecule has 1 heterocycles. The number of ketones is 1. The van der Waals surface area contributed by atoms with Crippen molar-refractivity contribution in [3.8, 4) is 0 Å². The summed E-state index contributed by atoms with van der Waals surface area (Å²) in [5.74, 6) is -1.13. The Morgan fingerprint density at radius 1 is 1.33 bits per heavy atom. The number of nitrogens with zero attached hydrogens (tertiary/aromatic N) is 1. The standard InChI is InChI=1S/C16H21FN2O2/c1-9-6-15(13(11(3)20)7-14(9)17)19-8-12(16(18)21)5-4-10(19)2/h6-7,10,12H,4-5,8H2,1-3H3,(H2,18,21). The van der Waals surface area contributed by atoms with Gasteiger partial charge in [0.05, 0.1) is 5.92 Å². The molecule has 1 aliphatic heterocycles. The van der Waals surface area contributed by atoms with Crippen molar-refractivity contribution in [1.82, 2.24) is 0 Å². The molecule has 1 saturated heterocycles. The van der Waals surface area contributed by atoms with Gasteiger partial charge in [-0.2, -0.15) is 0 Å². The first-order valence-electron chi connectivity index (χ1n) is 7.18. The first-order chi connectivity index (χ1) is 9.81. The van der Waals surface area contributed by atoms with E-state index >= 15 is 0 Å². The van der Waals surface area contributed by atoms with Gasteiger partial charge in [-0.1, -0.05) is 0 Å². The summed E-state index contributed by atoms with van der Waals surface area (Å²) >= 11 is 0. The van der Waals surface area contributed by atoms with E-state index in [-0.39, 0.29) is 29.5 Å². The van der Waals surface area contributed by atoms with E-state index in [2.05, 4.69) is 0 Å². The largest absolute Gasteiger partial charge is 0.369 e. The summed E-state index contributed by atoms with van der Waals surface area (Å²) in [6, 6.07) is 3.16. The minimum atomic E-state index is -0.389. The van der Waals surface area contributed by atoms with E-state index in [0.29, 0.717) is 23.4 Å². The fourth-order valence-electron chi connectivity index (χ4n) is 2.86. The summed E-state index contributed by atoms with van der Waals surface area (Å²) in [5, 5.41) is 0. The molecule has 0 bridgehead atoms. The number of piperidine rings is 1. The van der Waals surface area contributed by atoms with Crippen molar-refractivity contribution in [3.63, 3.8) is 0 Å². The summed E-state index contributed by atoms with van der Waals surface area (Å²) < 4.78 is 13.7. The number of carbonyl (C=O) groups excluding carboxylic acids is 2. The van der Waals surface area contributed by atoms with E-state index in [4.69, 9.17) is 5.73 Å². The van der Waals surface area contributed by atoms with Gasteiger partial charge < -0.3 is 10.6 Å². The van der Waals surface area contributed by atoms with Gasteiger partial charge in [-0.05, 0) is 51.3 Å². The minimum absolute atomic E-state index is 0.183. The van der Waals surface area contributed by atoms with E-state index < -0.39 is 0 Å². The Morgan fingerprint density at radius 2 is 2.00 bits per heavy atom. The van der Waals surface area contributed by atoms with Crippen LogP contribution < -0.4 is 10.6 Å². The number of rotatable bonds is 3. The van der Waals surface area contributed by atoms with E-state index in [1.807, 2.05) is 11.8 Å². The number of benzene rings is 1. The maximum Gasteiger partial charge on any atom is 0.222 e. The fourth-order valence-corrected chi connectivity index (χ4v) is 2.86. The van der Waals surface area contributed by atoms with Crippen molar-refractivity contribution in [2.45, 2.75) is 39.7 Å². The fraction of sp³-hybridized carbons (Fsp3) is 0.500. The Morgan fingerprint density at radius 3 is 2.57 bits per heavy atom. The number of anilines is 1. The highest BCUT2D eigenvalue weighted by Gasteiger charge is 2.30. The Hall–Kier alpha value is -1.91. The molecule has 1 fully saturated rings. The van der Waals surface area contributed by atoms with Gasteiger partial charge in [-0.15, -0.1) is 0 Å². The second kappa shape index (κ2) is 5.84. The third-order valence-corrected chi connectivity index (χ3v) is 4.25. The van der Waals surface area contributed by atoms with Gasteiger partial charge in [-0.3, -0.25) is 9.59 Å². The molecule has 1 aliphatic rings. The quantitative estimate of drug-likeness (QED) is 0.870. The van der Waals surface area contributed by atoms with Gasteiger partial charge >= 0.3 is 0 Å². The number of hydrogen-bond donors (Lipinski definition) is 1. The molecule has 1 aromatic rings. The van der Waals surface area contributed by atoms with Gasteiger partial charge in [-0.25, -0.2) is 4.39 Å². The van der Waals surface area contributed by atoms with Crippen molar-refractivity contribution in [1.29, 1.82) is 0 Å². The number of primary amides is 1. The average Bonchev–Trinajstić information content (AvgIpc) is 2.41. The van der Waals surface area contributed by atoms with E-state index in [1.165, 1.54) is 13.0 Å². The van der Waals surface area contributed by atoms with Crippen LogP contribution in [0.15, 0.2) is 12.1 Å². The Bertz CT molecular complexity index is 586. The molecule has 0 radical (unpaired) electrons. The van der Waals surface area contributed by atoms with Crippen molar-refractivity contribution in [2.75, 3.05) is 11.4 Å². The lowest BCUT2D eigenvalue weighted by Gasteiger charge is -2.39. The molecule has 2 rings (SSSR count). The van der Waals surface area contributed by atoms with Crippen LogP contribution in [0.2, 0.25) is 0 Å². The lowest BCUT2D eigenvalue weighted by molar-refractivity contribution is -0.122. The maximum absolute atomic E-state index is 13.7. The molecular formula is C16H21FN2O2. The molecule has 1 aromatic carbocycles. The predicted octanol–water partition coefficient (Wildman–Crippen LogP) is 2.43. The van der Waals surface area contributed by atoms with Gasteiger partial charge in [0.1, 0.15) is 5.82 Å². The number of nitrogens with two attached hydrogens (primary N) is 1. The minimum Gasteiger partial charge on any atom is -0.369 e. The summed E-state index contributed by atoms with van der Waals surface area (Å²) in [7, 11) is 0. The molecule has 114 valence electrons. The molecule has 1 amide bonds. The molecule has 5 heteroatoms. The monoisotopic (exact) mass is 292 g/mol. The third-order valence-electron chi connectivity index (χ3n) is 4.25. The molecule has 21 heavy (non-hydrogen) atoms. The van der Waals surface area contributed by atoms with Crippen molar-refractivity contribution >= 4 is 17.4 Å². The number of halogens is 1. The Labute approximate surface area is 124 Å². The Kier molecular flexibility index (Phi) is 4.30. The van der Waals surface area contributed by atoms with Gasteiger partial charge in [0, 0.05) is 23.8 Å². The van der Waals surface area contributed by atoms with Crippen LogP contribution in [-0.4, -0.2) is 24.3 Å². The SMILES string of the molecule is CC(=O)c1cc(F)c(C)cc1N1CC(C(N)=O)CCC1C. The first kappa shape index (κ1) is 15.5. The zero-order valence-electron chi connectivity index (χ0n) is 12.6. The van der Waals surface area contributed by atoms with Crippen molar-refractivity contribution in [2.24, 2.45) is 11.7 Å². The van der Waals surface area contributed by atoms with Crippen LogP contribution in [-0.2, 0) is 4.79 Å². The lowest BCUT2D eigenvalue weighted by atomic mass is 9.91. The van der Waals surface area contributed by atoms with Crippen LogP contribution in [0.4, 0.5) is 10.1 Å². The zero-order chi connectivity index (χ0) is 15.7. The topological polar surface area (TPSA) is 63.4 Å². The van der Waals surface area contributed by atoms with Crippen LogP contribution in [0, 0.1) is 18.7 Å². The lowest BCUT2D eigenvalue weighted by Crippen LogP contribution is -2.46. The molecule has 0 aliphatic carbocycles. The van der Waals surface area contributed by atoms with Crippen LogP contribution in [0.1, 0.15) is 42.6 Å². The maximum atomic E-state index is 13.7. The van der Waals surface area contributed by atoms with E-state index in [0.717, 1.165) is 12.8 Å². The molecule has 2 atom stereocenters. The van der Waals surface area contributed by atoms with E-state index in [1.54, 1.807) is 13.0 Å². The number of carbonyl (C=O) groups is 2. The highest BCUT2D eigenvalue weighted by Crippen LogP contribution is 2.32. The van der Waals surface area contributed by atoms with Crippen molar-refractivity contribution in [3.05, 3.63) is 29.1 Å². The molecule has 2 unspecified atom stereocenters. The second-order valence-corrected chi connectivity index (χ2v) is 5.85. The van der Waals surface area contributed by atoms with E-state index in [9.17, 15) is 14.0 Å². The highest BCUT2D eigenvalue weighted by atomic mass is 19.1. The van der Waals surface area contributed by atoms with Gasteiger partial charge in [0.15, 0.2) is 5.78 Å². The zero-order valence-corrected chi connectivity index (χ0v) is 12.6. The molecule has 0 spiro atoms. The van der Waals surface area contributed by atoms with Crippen LogP contribution in [0.5, 0.6) is 0 Å². The predicted molar refractivity (Wildman–Crippen MR) is 79.9 cm³/mol. The van der Waals surface area contributed by atoms with Crippen molar-refractivity contribution < 1.29 is 14.0 Å².